The van der Waals surface area contributed by atoms with E-state index in [4.69, 9.17) is 0 Å². The Balaban J connectivity index is 3.13. The summed E-state index contributed by atoms with van der Waals surface area (Å²) in [5.74, 6) is 6.92. The van der Waals surface area contributed by atoms with Crippen molar-refractivity contribution >= 4 is 0 Å². The Hall–Kier alpha value is 0. The minimum atomic E-state index is 0.969. The Morgan fingerprint density at radius 1 is 0.514 bits per heavy atom. The lowest BCUT2D eigenvalue weighted by atomic mass is 9.63. The van der Waals surface area contributed by atoms with Gasteiger partial charge in [-0.1, -0.05) is 164 Å². The highest BCUT2D eigenvalue weighted by Gasteiger charge is 2.36. The van der Waals surface area contributed by atoms with E-state index < -0.39 is 0 Å². The van der Waals surface area contributed by atoms with Crippen LogP contribution >= 0.6 is 0 Å². The summed E-state index contributed by atoms with van der Waals surface area (Å²) in [5, 5.41) is 0. The molecule has 1 rings (SSSR count). The second-order valence-corrected chi connectivity index (χ2v) is 13.8. The average Bonchev–Trinajstić information content (AvgIpc) is 2.91. The molecule has 0 aromatic rings. The van der Waals surface area contributed by atoms with Crippen molar-refractivity contribution in [2.45, 2.75) is 196 Å². The van der Waals surface area contributed by atoms with Crippen LogP contribution < -0.4 is 0 Å². The third-order valence-corrected chi connectivity index (χ3v) is 10.7. The quantitative estimate of drug-likeness (QED) is 0.111. The summed E-state index contributed by atoms with van der Waals surface area (Å²) in [6.07, 6.45) is 33.7. The molecule has 1 aliphatic rings. The number of hydrogen-bond acceptors (Lipinski definition) is 0. The average molecular weight is 519 g/mol. The molecule has 0 aromatic heterocycles. The first-order chi connectivity index (χ1) is 18.0. The third-order valence-electron chi connectivity index (χ3n) is 10.7. The van der Waals surface area contributed by atoms with E-state index in [2.05, 4.69) is 48.5 Å². The molecule has 4 atom stereocenters. The number of rotatable bonds is 24. The molecule has 0 nitrogen and oxygen atoms in total. The SMILES string of the molecule is CCCCCCC(CC)CC(CC(CC)CCCCCC)C(CCC)C(CCCC)C1CCC(C)CC1. The first-order valence-electron chi connectivity index (χ1n) is 18.0. The van der Waals surface area contributed by atoms with Crippen molar-refractivity contribution in [3.63, 3.8) is 0 Å². The molecule has 0 saturated heterocycles. The van der Waals surface area contributed by atoms with Gasteiger partial charge < -0.3 is 0 Å². The fourth-order valence-electron chi connectivity index (χ4n) is 8.08. The normalized spacial score (nSPS) is 22.5. The molecule has 0 heterocycles. The van der Waals surface area contributed by atoms with Gasteiger partial charge in [0.05, 0.1) is 0 Å². The van der Waals surface area contributed by atoms with E-state index in [1.807, 2.05) is 0 Å². The molecule has 0 bridgehead atoms. The maximum atomic E-state index is 2.51. The summed E-state index contributed by atoms with van der Waals surface area (Å²) < 4.78 is 0. The zero-order valence-corrected chi connectivity index (χ0v) is 27.3. The lowest BCUT2D eigenvalue weighted by Crippen LogP contribution is -2.33. The van der Waals surface area contributed by atoms with Crippen molar-refractivity contribution in [1.82, 2.24) is 0 Å². The highest BCUT2D eigenvalue weighted by Crippen LogP contribution is 2.46. The van der Waals surface area contributed by atoms with Crippen LogP contribution in [-0.4, -0.2) is 0 Å². The van der Waals surface area contributed by atoms with Crippen LogP contribution in [-0.2, 0) is 0 Å². The van der Waals surface area contributed by atoms with Gasteiger partial charge in [0.15, 0.2) is 0 Å². The number of unbranched alkanes of at least 4 members (excludes halogenated alkanes) is 7. The van der Waals surface area contributed by atoms with E-state index in [9.17, 15) is 0 Å². The monoisotopic (exact) mass is 519 g/mol. The zero-order valence-electron chi connectivity index (χ0n) is 27.3. The summed E-state index contributed by atoms with van der Waals surface area (Å²) in [4.78, 5) is 0. The van der Waals surface area contributed by atoms with Crippen LogP contribution in [0.3, 0.4) is 0 Å². The summed E-state index contributed by atoms with van der Waals surface area (Å²) in [6.45, 7) is 17.2. The Morgan fingerprint density at radius 2 is 1.03 bits per heavy atom. The van der Waals surface area contributed by atoms with Crippen molar-refractivity contribution in [3.8, 4) is 0 Å². The van der Waals surface area contributed by atoms with Gasteiger partial charge in [0.1, 0.15) is 0 Å². The fraction of sp³-hybridized carbons (Fsp3) is 1.00. The molecule has 0 N–H and O–H groups in total. The minimum Gasteiger partial charge on any atom is -0.0654 e. The van der Waals surface area contributed by atoms with Gasteiger partial charge >= 0.3 is 0 Å². The lowest BCUT2D eigenvalue weighted by Gasteiger charge is -2.43. The predicted octanol–water partition coefficient (Wildman–Crippen LogP) is 13.4. The maximum absolute atomic E-state index is 2.51. The Morgan fingerprint density at radius 3 is 1.46 bits per heavy atom. The molecule has 0 heteroatoms. The van der Waals surface area contributed by atoms with E-state index in [0.29, 0.717) is 0 Å². The summed E-state index contributed by atoms with van der Waals surface area (Å²) in [5.41, 5.74) is 0. The van der Waals surface area contributed by atoms with Gasteiger partial charge in [-0.25, -0.2) is 0 Å². The molecule has 1 fully saturated rings. The van der Waals surface area contributed by atoms with E-state index in [-0.39, 0.29) is 0 Å². The van der Waals surface area contributed by atoms with Crippen LogP contribution in [0.25, 0.3) is 0 Å². The Labute approximate surface area is 237 Å². The Bertz CT molecular complexity index is 450. The molecule has 0 aromatic carbocycles. The molecule has 4 unspecified atom stereocenters. The van der Waals surface area contributed by atoms with E-state index in [0.717, 1.165) is 41.4 Å². The van der Waals surface area contributed by atoms with Gasteiger partial charge in [0.25, 0.3) is 0 Å². The fourth-order valence-corrected chi connectivity index (χ4v) is 8.08. The van der Waals surface area contributed by atoms with Crippen molar-refractivity contribution in [2.75, 3.05) is 0 Å². The summed E-state index contributed by atoms with van der Waals surface area (Å²) in [7, 11) is 0. The molecule has 0 amide bonds. The van der Waals surface area contributed by atoms with Crippen LogP contribution in [0.15, 0.2) is 0 Å². The molecular weight excluding hydrogens is 444 g/mol. The number of hydrogen-bond donors (Lipinski definition) is 0. The first-order valence-corrected chi connectivity index (χ1v) is 18.0. The topological polar surface area (TPSA) is 0 Å². The van der Waals surface area contributed by atoms with E-state index >= 15 is 0 Å². The van der Waals surface area contributed by atoms with E-state index in [1.165, 1.54) is 135 Å². The molecule has 0 spiro atoms. The molecule has 1 saturated carbocycles. The summed E-state index contributed by atoms with van der Waals surface area (Å²) in [6, 6.07) is 0. The van der Waals surface area contributed by atoms with Crippen LogP contribution in [0, 0.1) is 41.4 Å². The molecule has 1 aliphatic carbocycles. The van der Waals surface area contributed by atoms with Gasteiger partial charge in [-0.05, 0) is 73.5 Å². The van der Waals surface area contributed by atoms with Gasteiger partial charge in [0, 0.05) is 0 Å². The van der Waals surface area contributed by atoms with Gasteiger partial charge in [-0.3, -0.25) is 0 Å². The lowest BCUT2D eigenvalue weighted by molar-refractivity contribution is 0.0728. The van der Waals surface area contributed by atoms with Crippen LogP contribution in [0.1, 0.15) is 196 Å². The molecule has 0 radical (unpaired) electrons. The zero-order chi connectivity index (χ0) is 27.3. The standard InChI is InChI=1S/C37H74/c1-8-14-17-19-22-32(12-5)29-35(30-33(13-6)23-20-18-15-9-2)36(21-11-4)37(24-16-10-3)34-27-25-31(7)26-28-34/h31-37H,8-30H2,1-7H3. The maximum Gasteiger partial charge on any atom is -0.0355 e. The van der Waals surface area contributed by atoms with Crippen LogP contribution in [0.2, 0.25) is 0 Å². The van der Waals surface area contributed by atoms with Crippen LogP contribution in [0.5, 0.6) is 0 Å². The summed E-state index contributed by atoms with van der Waals surface area (Å²) >= 11 is 0. The van der Waals surface area contributed by atoms with E-state index in [1.54, 1.807) is 12.8 Å². The smallest absolute Gasteiger partial charge is 0.0355 e. The van der Waals surface area contributed by atoms with Crippen LogP contribution in [0.4, 0.5) is 0 Å². The first kappa shape index (κ1) is 35.0. The predicted molar refractivity (Wildman–Crippen MR) is 170 cm³/mol. The highest BCUT2D eigenvalue weighted by atomic mass is 14.4. The molecule has 0 aliphatic heterocycles. The van der Waals surface area contributed by atoms with Gasteiger partial charge in [-0.2, -0.15) is 0 Å². The van der Waals surface area contributed by atoms with Crippen molar-refractivity contribution in [2.24, 2.45) is 41.4 Å². The largest absolute Gasteiger partial charge is 0.0654 e. The van der Waals surface area contributed by atoms with Gasteiger partial charge in [0.2, 0.25) is 0 Å². The van der Waals surface area contributed by atoms with Crippen molar-refractivity contribution in [3.05, 3.63) is 0 Å². The molecular formula is C37H74. The van der Waals surface area contributed by atoms with Gasteiger partial charge in [-0.15, -0.1) is 0 Å². The minimum absolute atomic E-state index is 0.969. The van der Waals surface area contributed by atoms with Crippen molar-refractivity contribution < 1.29 is 0 Å². The third kappa shape index (κ3) is 14.8. The highest BCUT2D eigenvalue weighted by molar-refractivity contribution is 4.87. The molecule has 222 valence electrons. The second-order valence-electron chi connectivity index (χ2n) is 13.8. The van der Waals surface area contributed by atoms with Crippen molar-refractivity contribution in [1.29, 1.82) is 0 Å². The Kier molecular flexibility index (Phi) is 21.6. The second kappa shape index (κ2) is 22.8. The molecule has 37 heavy (non-hydrogen) atoms.